The number of halogens is 2. The number of benzene rings is 1. The van der Waals surface area contributed by atoms with Gasteiger partial charge in [0.05, 0.1) is 16.3 Å². The van der Waals surface area contributed by atoms with Crippen LogP contribution < -0.4 is 4.74 Å². The Bertz CT molecular complexity index is 729. The number of nitrogens with zero attached hydrogens (tertiary/aromatic N) is 2. The molecule has 1 saturated heterocycles. The molecule has 0 unspecified atom stereocenters. The normalized spacial score (nSPS) is 15.5. The van der Waals surface area contributed by atoms with E-state index >= 15 is 0 Å². The summed E-state index contributed by atoms with van der Waals surface area (Å²) in [6.07, 6.45) is 0. The van der Waals surface area contributed by atoms with Crippen LogP contribution in [0.25, 0.3) is 0 Å². The number of piperazine rings is 1. The second kappa shape index (κ2) is 7.51. The molecule has 1 fully saturated rings. The first-order chi connectivity index (χ1) is 11.6. The minimum Gasteiger partial charge on any atom is -0.494 e. The molecule has 1 amide bonds. The lowest BCUT2D eigenvalue weighted by atomic mass is 10.1. The van der Waals surface area contributed by atoms with E-state index in [1.807, 2.05) is 11.0 Å². The average molecular weight is 369 g/mol. The molecule has 0 spiro atoms. The van der Waals surface area contributed by atoms with Gasteiger partial charge in [0.15, 0.2) is 11.6 Å². The minimum absolute atomic E-state index is 0.0297. The van der Waals surface area contributed by atoms with Gasteiger partial charge >= 0.3 is 0 Å². The second-order valence-corrected chi connectivity index (χ2v) is 7.36. The van der Waals surface area contributed by atoms with Gasteiger partial charge in [-0.2, -0.15) is 0 Å². The summed E-state index contributed by atoms with van der Waals surface area (Å²) >= 11 is 7.20. The van der Waals surface area contributed by atoms with E-state index < -0.39 is 0 Å². The summed E-state index contributed by atoms with van der Waals surface area (Å²) in [6, 6.07) is 8.53. The summed E-state index contributed by atoms with van der Waals surface area (Å²) in [6.45, 7) is 3.50. The van der Waals surface area contributed by atoms with E-state index in [1.54, 1.807) is 18.2 Å². The molecule has 0 N–H and O–H groups in total. The smallest absolute Gasteiger partial charge is 0.264 e. The lowest BCUT2D eigenvalue weighted by Gasteiger charge is -2.34. The zero-order valence-corrected chi connectivity index (χ0v) is 14.9. The number of ether oxygens (including phenoxy) is 1. The number of carbonyl (C=O) groups excluding carboxylic acids is 1. The number of carbonyl (C=O) groups is 1. The molecule has 0 radical (unpaired) electrons. The van der Waals surface area contributed by atoms with Gasteiger partial charge in [0.1, 0.15) is 0 Å². The molecule has 128 valence electrons. The largest absolute Gasteiger partial charge is 0.494 e. The summed E-state index contributed by atoms with van der Waals surface area (Å²) in [5.41, 5.74) is 0.901. The first-order valence-electron chi connectivity index (χ1n) is 7.66. The summed E-state index contributed by atoms with van der Waals surface area (Å²) in [5.74, 6) is -0.0656. The first-order valence-corrected chi connectivity index (χ1v) is 8.85. The topological polar surface area (TPSA) is 32.8 Å². The fourth-order valence-electron chi connectivity index (χ4n) is 2.76. The molecule has 1 aliphatic heterocycles. The molecule has 4 nitrogen and oxygen atoms in total. The van der Waals surface area contributed by atoms with Gasteiger partial charge in [0.2, 0.25) is 0 Å². The molecule has 3 rings (SSSR count). The summed E-state index contributed by atoms with van der Waals surface area (Å²) in [7, 11) is 1.45. The molecule has 24 heavy (non-hydrogen) atoms. The van der Waals surface area contributed by atoms with Crippen LogP contribution in [0.4, 0.5) is 4.39 Å². The van der Waals surface area contributed by atoms with Gasteiger partial charge in [-0.1, -0.05) is 17.7 Å². The fourth-order valence-corrected chi connectivity index (χ4v) is 3.77. The Hall–Kier alpha value is -1.63. The van der Waals surface area contributed by atoms with Crippen molar-refractivity contribution >= 4 is 28.8 Å². The molecule has 0 bridgehead atoms. The number of thiophene rings is 1. The number of amides is 1. The molecule has 7 heteroatoms. The highest BCUT2D eigenvalue weighted by Gasteiger charge is 2.23. The number of hydrogen-bond acceptors (Lipinski definition) is 4. The van der Waals surface area contributed by atoms with Gasteiger partial charge < -0.3 is 9.64 Å². The van der Waals surface area contributed by atoms with Crippen LogP contribution in [0.5, 0.6) is 5.75 Å². The van der Waals surface area contributed by atoms with Crippen LogP contribution in [-0.2, 0) is 6.54 Å². The Morgan fingerprint density at radius 2 is 2.00 bits per heavy atom. The Labute approximate surface area is 149 Å². The van der Waals surface area contributed by atoms with E-state index in [2.05, 4.69) is 4.90 Å². The third-order valence-electron chi connectivity index (χ3n) is 4.07. The zero-order valence-electron chi connectivity index (χ0n) is 13.3. The van der Waals surface area contributed by atoms with E-state index in [1.165, 1.54) is 24.5 Å². The maximum Gasteiger partial charge on any atom is 0.264 e. The Morgan fingerprint density at radius 1 is 1.25 bits per heavy atom. The average Bonchev–Trinajstić information content (AvgIpc) is 3.02. The molecular weight excluding hydrogens is 351 g/mol. The predicted molar refractivity (Wildman–Crippen MR) is 93.5 cm³/mol. The standard InChI is InChI=1S/C17H18ClFN2O2S/c1-23-14-3-2-12(10-13(14)19)11-20-6-8-21(9-7-20)17(22)15-4-5-16(18)24-15/h2-5,10H,6-9,11H2,1H3. The number of methoxy groups -OCH3 is 1. The van der Waals surface area contributed by atoms with Crippen LogP contribution in [-0.4, -0.2) is 49.0 Å². The molecule has 0 atom stereocenters. The number of hydrogen-bond donors (Lipinski definition) is 0. The van der Waals surface area contributed by atoms with Crippen molar-refractivity contribution < 1.29 is 13.9 Å². The first kappa shape index (κ1) is 17.2. The summed E-state index contributed by atoms with van der Waals surface area (Å²) < 4.78 is 19.3. The third kappa shape index (κ3) is 3.88. The van der Waals surface area contributed by atoms with E-state index in [9.17, 15) is 9.18 Å². The Kier molecular flexibility index (Phi) is 5.38. The molecule has 1 aromatic carbocycles. The Morgan fingerprint density at radius 3 is 2.58 bits per heavy atom. The molecular formula is C17H18ClFN2O2S. The van der Waals surface area contributed by atoms with Crippen LogP contribution in [0, 0.1) is 5.82 Å². The highest BCUT2D eigenvalue weighted by Crippen LogP contribution is 2.23. The lowest BCUT2D eigenvalue weighted by molar-refractivity contribution is 0.0633. The highest BCUT2D eigenvalue weighted by molar-refractivity contribution is 7.17. The van der Waals surface area contributed by atoms with Crippen LogP contribution in [0.3, 0.4) is 0 Å². The van der Waals surface area contributed by atoms with E-state index in [4.69, 9.17) is 16.3 Å². The lowest BCUT2D eigenvalue weighted by Crippen LogP contribution is -2.48. The summed E-state index contributed by atoms with van der Waals surface area (Å²) in [4.78, 5) is 17.1. The van der Waals surface area contributed by atoms with E-state index in [-0.39, 0.29) is 17.5 Å². The van der Waals surface area contributed by atoms with Crippen molar-refractivity contribution in [3.05, 3.63) is 50.9 Å². The van der Waals surface area contributed by atoms with Crippen molar-refractivity contribution in [2.24, 2.45) is 0 Å². The van der Waals surface area contributed by atoms with Crippen molar-refractivity contribution in [3.8, 4) is 5.75 Å². The van der Waals surface area contributed by atoms with Gasteiger partial charge in [0.25, 0.3) is 5.91 Å². The van der Waals surface area contributed by atoms with Crippen LogP contribution in [0.1, 0.15) is 15.2 Å². The second-order valence-electron chi connectivity index (χ2n) is 5.64. The molecule has 0 saturated carbocycles. The van der Waals surface area contributed by atoms with Gasteiger partial charge in [-0.15, -0.1) is 11.3 Å². The monoisotopic (exact) mass is 368 g/mol. The minimum atomic E-state index is -0.349. The molecule has 0 aliphatic carbocycles. The van der Waals surface area contributed by atoms with E-state index in [0.717, 1.165) is 18.7 Å². The Balaban J connectivity index is 1.55. The maximum absolute atomic E-state index is 13.8. The van der Waals surface area contributed by atoms with Crippen LogP contribution in [0.2, 0.25) is 4.34 Å². The van der Waals surface area contributed by atoms with Crippen molar-refractivity contribution in [1.29, 1.82) is 0 Å². The molecule has 2 heterocycles. The van der Waals surface area contributed by atoms with Gasteiger partial charge in [0, 0.05) is 32.7 Å². The van der Waals surface area contributed by atoms with Crippen molar-refractivity contribution in [2.75, 3.05) is 33.3 Å². The molecule has 1 aliphatic rings. The molecule has 1 aromatic heterocycles. The predicted octanol–water partition coefficient (Wildman–Crippen LogP) is 3.51. The van der Waals surface area contributed by atoms with Crippen LogP contribution >= 0.6 is 22.9 Å². The zero-order chi connectivity index (χ0) is 17.1. The number of rotatable bonds is 4. The van der Waals surface area contributed by atoms with Crippen molar-refractivity contribution in [3.63, 3.8) is 0 Å². The maximum atomic E-state index is 13.8. The summed E-state index contributed by atoms with van der Waals surface area (Å²) in [5, 5.41) is 0. The van der Waals surface area contributed by atoms with Gasteiger partial charge in [-0.3, -0.25) is 9.69 Å². The van der Waals surface area contributed by atoms with Gasteiger partial charge in [-0.05, 0) is 29.8 Å². The van der Waals surface area contributed by atoms with Gasteiger partial charge in [-0.25, -0.2) is 4.39 Å². The van der Waals surface area contributed by atoms with E-state index in [0.29, 0.717) is 28.8 Å². The van der Waals surface area contributed by atoms with Crippen molar-refractivity contribution in [2.45, 2.75) is 6.54 Å². The fraction of sp³-hybridized carbons (Fsp3) is 0.353. The highest BCUT2D eigenvalue weighted by atomic mass is 35.5. The van der Waals surface area contributed by atoms with Crippen LogP contribution in [0.15, 0.2) is 30.3 Å². The third-order valence-corrected chi connectivity index (χ3v) is 5.29. The SMILES string of the molecule is COc1ccc(CN2CCN(C(=O)c3ccc(Cl)s3)CC2)cc1F. The van der Waals surface area contributed by atoms with Crippen molar-refractivity contribution in [1.82, 2.24) is 9.80 Å². The molecule has 2 aromatic rings. The quantitative estimate of drug-likeness (QED) is 0.828.